The molecular formula is C17H21F2N3O2. The first-order chi connectivity index (χ1) is 11.5. The first-order valence-electron chi connectivity index (χ1n) is 8.25. The number of likely N-dealkylation sites (tertiary alicyclic amines) is 1. The number of nitrogens with one attached hydrogen (secondary N) is 2. The fourth-order valence-corrected chi connectivity index (χ4v) is 3.30. The molecule has 1 aromatic carbocycles. The third-order valence-electron chi connectivity index (χ3n) is 4.73. The van der Waals surface area contributed by atoms with Gasteiger partial charge in [-0.2, -0.15) is 0 Å². The molecule has 1 saturated carbocycles. The fourth-order valence-electron chi connectivity index (χ4n) is 3.30. The second-order valence-electron chi connectivity index (χ2n) is 6.40. The summed E-state index contributed by atoms with van der Waals surface area (Å²) in [6.07, 6.45) is 3.07. The molecule has 1 aliphatic heterocycles. The molecule has 1 aliphatic carbocycles. The van der Waals surface area contributed by atoms with Crippen molar-refractivity contribution in [3.05, 3.63) is 35.4 Å². The summed E-state index contributed by atoms with van der Waals surface area (Å²) in [4.78, 5) is 26.0. The molecule has 2 aliphatic rings. The molecule has 1 saturated heterocycles. The van der Waals surface area contributed by atoms with E-state index >= 15 is 0 Å². The molecule has 0 bridgehead atoms. The van der Waals surface area contributed by atoms with Crippen molar-refractivity contribution < 1.29 is 18.4 Å². The average Bonchev–Trinajstić information content (AvgIpc) is 3.29. The van der Waals surface area contributed by atoms with Crippen LogP contribution in [0, 0.1) is 17.6 Å². The van der Waals surface area contributed by atoms with Gasteiger partial charge in [0.1, 0.15) is 17.7 Å². The standard InChI is InChI=1S/C17H21F2N3O2/c1-20-16(23)14-3-2-8-22(14)17(24)21-15(10-4-5-10)12-9-11(18)6-7-13(12)19/h6-7,9-10,14-15H,2-5,8H2,1H3,(H,20,23)(H,21,24). The van der Waals surface area contributed by atoms with Gasteiger partial charge in [0.05, 0.1) is 6.04 Å². The van der Waals surface area contributed by atoms with Crippen LogP contribution in [0.1, 0.15) is 37.3 Å². The van der Waals surface area contributed by atoms with E-state index in [1.54, 1.807) is 0 Å². The minimum absolute atomic E-state index is 0.103. The number of likely N-dealkylation sites (N-methyl/N-ethyl adjacent to an activating group) is 1. The lowest BCUT2D eigenvalue weighted by atomic mass is 10.0. The third kappa shape index (κ3) is 3.34. The molecule has 1 aromatic rings. The summed E-state index contributed by atoms with van der Waals surface area (Å²) >= 11 is 0. The zero-order chi connectivity index (χ0) is 17.3. The number of hydrogen-bond acceptors (Lipinski definition) is 2. The van der Waals surface area contributed by atoms with Gasteiger partial charge in [0, 0.05) is 19.2 Å². The van der Waals surface area contributed by atoms with E-state index in [0.717, 1.165) is 37.5 Å². The second-order valence-corrected chi connectivity index (χ2v) is 6.40. The number of hydrogen-bond donors (Lipinski definition) is 2. The van der Waals surface area contributed by atoms with Crippen LogP contribution < -0.4 is 10.6 Å². The molecule has 24 heavy (non-hydrogen) atoms. The quantitative estimate of drug-likeness (QED) is 0.886. The lowest BCUT2D eigenvalue weighted by Crippen LogP contribution is -2.49. The van der Waals surface area contributed by atoms with Crippen LogP contribution in [0.2, 0.25) is 0 Å². The minimum atomic E-state index is -0.570. The van der Waals surface area contributed by atoms with E-state index in [0.29, 0.717) is 13.0 Å². The van der Waals surface area contributed by atoms with E-state index in [9.17, 15) is 18.4 Å². The van der Waals surface area contributed by atoms with Crippen LogP contribution >= 0.6 is 0 Å². The van der Waals surface area contributed by atoms with Gasteiger partial charge < -0.3 is 15.5 Å². The van der Waals surface area contributed by atoms with Gasteiger partial charge in [-0.25, -0.2) is 13.6 Å². The summed E-state index contributed by atoms with van der Waals surface area (Å²) in [6, 6.07) is 1.80. The summed E-state index contributed by atoms with van der Waals surface area (Å²) in [5, 5.41) is 5.37. The number of carbonyl (C=O) groups is 2. The van der Waals surface area contributed by atoms with Crippen LogP contribution in [-0.4, -0.2) is 36.5 Å². The smallest absolute Gasteiger partial charge is 0.318 e. The van der Waals surface area contributed by atoms with E-state index in [-0.39, 0.29) is 17.4 Å². The lowest BCUT2D eigenvalue weighted by molar-refractivity contribution is -0.124. The Kier molecular flexibility index (Phi) is 4.69. The van der Waals surface area contributed by atoms with E-state index in [2.05, 4.69) is 10.6 Å². The summed E-state index contributed by atoms with van der Waals surface area (Å²) in [7, 11) is 1.53. The maximum atomic E-state index is 14.1. The Morgan fingerprint density at radius 2 is 2.00 bits per heavy atom. The zero-order valence-corrected chi connectivity index (χ0v) is 13.5. The van der Waals surface area contributed by atoms with Crippen molar-refractivity contribution in [3.8, 4) is 0 Å². The normalized spacial score (nSPS) is 21.5. The molecule has 0 aromatic heterocycles. The Balaban J connectivity index is 1.77. The van der Waals surface area contributed by atoms with Gasteiger partial charge in [0.2, 0.25) is 5.91 Å². The van der Waals surface area contributed by atoms with Gasteiger partial charge in [-0.3, -0.25) is 4.79 Å². The van der Waals surface area contributed by atoms with Gasteiger partial charge in [-0.1, -0.05) is 0 Å². The van der Waals surface area contributed by atoms with E-state index < -0.39 is 29.7 Å². The Morgan fingerprint density at radius 1 is 1.25 bits per heavy atom. The topological polar surface area (TPSA) is 61.4 Å². The Bertz CT molecular complexity index is 649. The van der Waals surface area contributed by atoms with Crippen LogP contribution in [0.25, 0.3) is 0 Å². The first kappa shape index (κ1) is 16.7. The maximum Gasteiger partial charge on any atom is 0.318 e. The zero-order valence-electron chi connectivity index (χ0n) is 13.5. The second kappa shape index (κ2) is 6.75. The van der Waals surface area contributed by atoms with Crippen LogP contribution in [0.3, 0.4) is 0 Å². The highest BCUT2D eigenvalue weighted by atomic mass is 19.1. The number of benzene rings is 1. The first-order valence-corrected chi connectivity index (χ1v) is 8.25. The van der Waals surface area contributed by atoms with Crippen molar-refractivity contribution in [1.29, 1.82) is 0 Å². The monoisotopic (exact) mass is 337 g/mol. The van der Waals surface area contributed by atoms with E-state index in [4.69, 9.17) is 0 Å². The van der Waals surface area contributed by atoms with Gasteiger partial charge in [0.25, 0.3) is 0 Å². The van der Waals surface area contributed by atoms with Crippen LogP contribution in [-0.2, 0) is 4.79 Å². The summed E-state index contributed by atoms with van der Waals surface area (Å²) < 4.78 is 27.6. The molecule has 7 heteroatoms. The predicted molar refractivity (Wildman–Crippen MR) is 84.1 cm³/mol. The molecule has 5 nitrogen and oxygen atoms in total. The highest BCUT2D eigenvalue weighted by Gasteiger charge is 2.39. The van der Waals surface area contributed by atoms with Gasteiger partial charge >= 0.3 is 6.03 Å². The summed E-state index contributed by atoms with van der Waals surface area (Å²) in [6.45, 7) is 0.479. The molecule has 2 fully saturated rings. The fraction of sp³-hybridized carbons (Fsp3) is 0.529. The number of amides is 3. The SMILES string of the molecule is CNC(=O)C1CCCN1C(=O)NC(c1cc(F)ccc1F)C1CC1. The van der Waals surface area contributed by atoms with Crippen LogP contribution in [0.4, 0.5) is 13.6 Å². The average molecular weight is 337 g/mol. The highest BCUT2D eigenvalue weighted by molar-refractivity contribution is 5.87. The maximum absolute atomic E-state index is 14.1. The molecular weight excluding hydrogens is 316 g/mol. The van der Waals surface area contributed by atoms with Crippen molar-refractivity contribution in [2.45, 2.75) is 37.8 Å². The van der Waals surface area contributed by atoms with Gasteiger partial charge in [-0.15, -0.1) is 0 Å². The van der Waals surface area contributed by atoms with E-state index in [1.807, 2.05) is 0 Å². The van der Waals surface area contributed by atoms with Crippen molar-refractivity contribution in [2.24, 2.45) is 5.92 Å². The summed E-state index contributed by atoms with van der Waals surface area (Å²) in [5.74, 6) is -1.16. The minimum Gasteiger partial charge on any atom is -0.357 e. The molecule has 2 N–H and O–H groups in total. The van der Waals surface area contributed by atoms with Crippen molar-refractivity contribution >= 4 is 11.9 Å². The molecule has 3 amide bonds. The molecule has 3 rings (SSSR count). The highest BCUT2D eigenvalue weighted by Crippen LogP contribution is 2.42. The molecule has 0 spiro atoms. The largest absolute Gasteiger partial charge is 0.357 e. The molecule has 0 radical (unpaired) electrons. The third-order valence-corrected chi connectivity index (χ3v) is 4.73. The van der Waals surface area contributed by atoms with Crippen LogP contribution in [0.15, 0.2) is 18.2 Å². The van der Waals surface area contributed by atoms with E-state index in [1.165, 1.54) is 11.9 Å². The lowest BCUT2D eigenvalue weighted by Gasteiger charge is -2.27. The van der Waals surface area contributed by atoms with Crippen molar-refractivity contribution in [1.82, 2.24) is 15.5 Å². The number of urea groups is 1. The Hall–Kier alpha value is -2.18. The molecule has 1 heterocycles. The predicted octanol–water partition coefficient (Wildman–Crippen LogP) is 2.34. The van der Waals surface area contributed by atoms with Gasteiger partial charge in [0.15, 0.2) is 0 Å². The van der Waals surface area contributed by atoms with Crippen LogP contribution in [0.5, 0.6) is 0 Å². The van der Waals surface area contributed by atoms with Crippen molar-refractivity contribution in [2.75, 3.05) is 13.6 Å². The molecule has 2 unspecified atom stereocenters. The number of rotatable bonds is 4. The number of carbonyl (C=O) groups excluding carboxylic acids is 2. The number of nitrogens with zero attached hydrogens (tertiary/aromatic N) is 1. The molecule has 130 valence electrons. The number of halogens is 2. The summed E-state index contributed by atoms with van der Waals surface area (Å²) in [5.41, 5.74) is 0.168. The van der Waals surface area contributed by atoms with Gasteiger partial charge in [-0.05, 0) is 49.8 Å². The Labute approximate surface area is 139 Å². The Morgan fingerprint density at radius 3 is 2.67 bits per heavy atom. The molecule has 2 atom stereocenters. The van der Waals surface area contributed by atoms with Crippen molar-refractivity contribution in [3.63, 3.8) is 0 Å².